The van der Waals surface area contributed by atoms with Gasteiger partial charge in [0.1, 0.15) is 0 Å². The molecule has 6 heteroatoms. The number of carbonyl (C=O) groups is 1. The van der Waals surface area contributed by atoms with E-state index in [-0.39, 0.29) is 12.5 Å². The summed E-state index contributed by atoms with van der Waals surface area (Å²) in [5.74, 6) is 0.656. The number of benzene rings is 1. The molecule has 2 heterocycles. The van der Waals surface area contributed by atoms with Crippen molar-refractivity contribution < 1.29 is 14.1 Å². The predicted molar refractivity (Wildman–Crippen MR) is 75.8 cm³/mol. The van der Waals surface area contributed by atoms with Gasteiger partial charge in [-0.05, 0) is 6.07 Å². The predicted octanol–water partition coefficient (Wildman–Crippen LogP) is 3.03. The Balaban J connectivity index is 1.71. The average molecular weight is 285 g/mol. The van der Waals surface area contributed by atoms with Crippen LogP contribution in [0.1, 0.15) is 41.8 Å². The highest BCUT2D eigenvalue weighted by atomic mass is 16.6. The number of nitrogens with one attached hydrogen (secondary N) is 1. The van der Waals surface area contributed by atoms with Gasteiger partial charge in [-0.15, -0.1) is 0 Å². The molecule has 0 aliphatic heterocycles. The van der Waals surface area contributed by atoms with Crippen molar-refractivity contribution in [3.63, 3.8) is 0 Å². The van der Waals surface area contributed by atoms with Gasteiger partial charge < -0.3 is 14.2 Å². The number of nitrogens with zero attached hydrogens (tertiary/aromatic N) is 2. The number of aromatic amines is 1. The average Bonchev–Trinajstić information content (AvgIpc) is 3.11. The Morgan fingerprint density at radius 3 is 2.95 bits per heavy atom. The Labute approximate surface area is 121 Å². The Morgan fingerprint density at radius 2 is 2.19 bits per heavy atom. The molecular formula is C15H15N3O3. The fourth-order valence-corrected chi connectivity index (χ4v) is 2.01. The monoisotopic (exact) mass is 285 g/mol. The number of carbonyl (C=O) groups excluding carboxylic acids is 1. The van der Waals surface area contributed by atoms with E-state index in [0.717, 1.165) is 10.9 Å². The van der Waals surface area contributed by atoms with Gasteiger partial charge in [0, 0.05) is 23.0 Å². The van der Waals surface area contributed by atoms with Crippen molar-refractivity contribution in [1.82, 2.24) is 15.1 Å². The number of fused-ring (bicyclic) bond motifs is 1. The van der Waals surface area contributed by atoms with Crippen LogP contribution in [0.3, 0.4) is 0 Å². The minimum absolute atomic E-state index is 0.0297. The molecule has 3 rings (SSSR count). The molecule has 0 aliphatic rings. The smallest absolute Gasteiger partial charge is 0.340 e. The zero-order valence-corrected chi connectivity index (χ0v) is 11.8. The Kier molecular flexibility index (Phi) is 3.43. The van der Waals surface area contributed by atoms with Crippen LogP contribution >= 0.6 is 0 Å². The largest absolute Gasteiger partial charge is 0.452 e. The van der Waals surface area contributed by atoms with Crippen molar-refractivity contribution in [1.29, 1.82) is 0 Å². The summed E-state index contributed by atoms with van der Waals surface area (Å²) in [6, 6.07) is 7.55. The van der Waals surface area contributed by atoms with Gasteiger partial charge in [-0.1, -0.05) is 37.2 Å². The highest BCUT2D eigenvalue weighted by Crippen LogP contribution is 2.19. The van der Waals surface area contributed by atoms with Crippen LogP contribution in [-0.4, -0.2) is 21.1 Å². The topological polar surface area (TPSA) is 81.0 Å². The molecule has 1 aromatic carbocycles. The van der Waals surface area contributed by atoms with Gasteiger partial charge in [0.15, 0.2) is 12.4 Å². The second-order valence-corrected chi connectivity index (χ2v) is 5.03. The molecular weight excluding hydrogens is 270 g/mol. The fraction of sp³-hybridized carbons (Fsp3) is 0.267. The lowest BCUT2D eigenvalue weighted by atomic mass is 10.2. The number of rotatable bonds is 4. The van der Waals surface area contributed by atoms with E-state index in [0.29, 0.717) is 17.3 Å². The maximum atomic E-state index is 12.1. The summed E-state index contributed by atoms with van der Waals surface area (Å²) in [7, 11) is 0. The summed E-state index contributed by atoms with van der Waals surface area (Å²) >= 11 is 0. The van der Waals surface area contributed by atoms with Gasteiger partial charge in [0.25, 0.3) is 5.89 Å². The lowest BCUT2D eigenvalue weighted by molar-refractivity contribution is 0.0432. The molecule has 0 radical (unpaired) electrons. The van der Waals surface area contributed by atoms with Crippen LogP contribution in [0.4, 0.5) is 0 Å². The zero-order chi connectivity index (χ0) is 14.8. The summed E-state index contributed by atoms with van der Waals surface area (Å²) in [4.78, 5) is 19.3. The lowest BCUT2D eigenvalue weighted by Crippen LogP contribution is -2.05. The lowest BCUT2D eigenvalue weighted by Gasteiger charge is -2.00. The number of hydrogen-bond donors (Lipinski definition) is 1. The van der Waals surface area contributed by atoms with E-state index in [1.54, 1.807) is 6.20 Å². The van der Waals surface area contributed by atoms with Crippen molar-refractivity contribution in [2.24, 2.45) is 0 Å². The van der Waals surface area contributed by atoms with E-state index in [2.05, 4.69) is 15.1 Å². The number of hydrogen-bond acceptors (Lipinski definition) is 5. The second kappa shape index (κ2) is 5.40. The maximum absolute atomic E-state index is 12.1. The van der Waals surface area contributed by atoms with Crippen LogP contribution in [0.25, 0.3) is 10.9 Å². The van der Waals surface area contributed by atoms with Gasteiger partial charge in [0.2, 0.25) is 0 Å². The number of para-hydroxylation sites is 1. The van der Waals surface area contributed by atoms with Gasteiger partial charge in [-0.3, -0.25) is 0 Å². The van der Waals surface area contributed by atoms with Crippen LogP contribution in [0, 0.1) is 0 Å². The van der Waals surface area contributed by atoms with E-state index in [4.69, 9.17) is 9.26 Å². The first kappa shape index (κ1) is 13.4. The quantitative estimate of drug-likeness (QED) is 0.745. The minimum atomic E-state index is -0.420. The maximum Gasteiger partial charge on any atom is 0.340 e. The molecule has 0 fully saturated rings. The van der Waals surface area contributed by atoms with Crippen molar-refractivity contribution in [3.05, 3.63) is 47.7 Å². The second-order valence-electron chi connectivity index (χ2n) is 5.03. The third-order valence-corrected chi connectivity index (χ3v) is 3.14. The number of esters is 1. The Morgan fingerprint density at radius 1 is 1.38 bits per heavy atom. The first-order valence-electron chi connectivity index (χ1n) is 6.71. The number of aromatic nitrogens is 3. The van der Waals surface area contributed by atoms with Crippen molar-refractivity contribution >= 4 is 16.9 Å². The van der Waals surface area contributed by atoms with E-state index in [9.17, 15) is 4.79 Å². The minimum Gasteiger partial charge on any atom is -0.452 e. The van der Waals surface area contributed by atoms with Gasteiger partial charge >= 0.3 is 5.97 Å². The first-order chi connectivity index (χ1) is 10.1. The molecule has 0 spiro atoms. The molecule has 0 saturated carbocycles. The van der Waals surface area contributed by atoms with Crippen LogP contribution in [0.5, 0.6) is 0 Å². The molecule has 21 heavy (non-hydrogen) atoms. The standard InChI is InChI=1S/C15H15N3O3/c1-9(2)14-17-13(21-18-14)8-20-15(19)11-7-16-12-6-4-3-5-10(11)12/h3-7,9,16H,8H2,1-2H3. The van der Waals surface area contributed by atoms with Gasteiger partial charge in [-0.2, -0.15) is 4.98 Å². The summed E-state index contributed by atoms with van der Waals surface area (Å²) in [5, 5.41) is 4.65. The van der Waals surface area contributed by atoms with Crippen molar-refractivity contribution in [3.8, 4) is 0 Å². The third kappa shape index (κ3) is 2.65. The molecule has 0 bridgehead atoms. The van der Waals surface area contributed by atoms with Crippen LogP contribution in [-0.2, 0) is 11.3 Å². The summed E-state index contributed by atoms with van der Waals surface area (Å²) in [5.41, 5.74) is 1.39. The fourth-order valence-electron chi connectivity index (χ4n) is 2.01. The molecule has 0 unspecified atom stereocenters. The molecule has 0 saturated heterocycles. The Bertz CT molecular complexity index is 773. The van der Waals surface area contributed by atoms with E-state index >= 15 is 0 Å². The van der Waals surface area contributed by atoms with Gasteiger partial charge in [-0.25, -0.2) is 4.79 Å². The molecule has 0 amide bonds. The molecule has 3 aromatic rings. The SMILES string of the molecule is CC(C)c1noc(COC(=O)c2c[nH]c3ccccc23)n1. The van der Waals surface area contributed by atoms with E-state index in [1.165, 1.54) is 0 Å². The van der Waals surface area contributed by atoms with Crippen LogP contribution in [0.15, 0.2) is 35.0 Å². The number of ether oxygens (including phenoxy) is 1. The zero-order valence-electron chi connectivity index (χ0n) is 11.8. The summed E-state index contributed by atoms with van der Waals surface area (Å²) in [6.07, 6.45) is 1.64. The summed E-state index contributed by atoms with van der Waals surface area (Å²) in [6.45, 7) is 3.90. The van der Waals surface area contributed by atoms with Crippen LogP contribution in [0.2, 0.25) is 0 Å². The van der Waals surface area contributed by atoms with Crippen molar-refractivity contribution in [2.45, 2.75) is 26.4 Å². The molecule has 0 aliphatic carbocycles. The first-order valence-corrected chi connectivity index (χ1v) is 6.71. The summed E-state index contributed by atoms with van der Waals surface area (Å²) < 4.78 is 10.3. The van der Waals surface area contributed by atoms with Crippen molar-refractivity contribution in [2.75, 3.05) is 0 Å². The van der Waals surface area contributed by atoms with E-state index in [1.807, 2.05) is 38.1 Å². The highest BCUT2D eigenvalue weighted by Gasteiger charge is 2.15. The highest BCUT2D eigenvalue weighted by molar-refractivity contribution is 6.03. The number of H-pyrrole nitrogens is 1. The molecule has 108 valence electrons. The normalized spacial score (nSPS) is 11.2. The Hall–Kier alpha value is -2.63. The molecule has 6 nitrogen and oxygen atoms in total. The van der Waals surface area contributed by atoms with E-state index < -0.39 is 5.97 Å². The van der Waals surface area contributed by atoms with Crippen LogP contribution < -0.4 is 0 Å². The molecule has 1 N–H and O–H groups in total. The van der Waals surface area contributed by atoms with Gasteiger partial charge in [0.05, 0.1) is 5.56 Å². The molecule has 2 aromatic heterocycles. The third-order valence-electron chi connectivity index (χ3n) is 3.14. The molecule has 0 atom stereocenters.